The Bertz CT molecular complexity index is 890. The van der Waals surface area contributed by atoms with Crippen LogP contribution >= 0.6 is 0 Å². The standard InChI is InChI=1S/C19H24N2O4S/c1-25-17-9-10-18(16-8-4-3-7-15(16)17)26(23,24)20-12-11-19(22)21-13-5-2-6-14-21/h3-4,7-10,20H,2,5-6,11-14H2,1H3. The van der Waals surface area contributed by atoms with E-state index in [0.29, 0.717) is 11.1 Å². The van der Waals surface area contributed by atoms with Crippen molar-refractivity contribution in [3.05, 3.63) is 36.4 Å². The molecule has 1 aliphatic rings. The number of likely N-dealkylation sites (tertiary alicyclic amines) is 1. The van der Waals surface area contributed by atoms with Crippen molar-refractivity contribution in [3.8, 4) is 5.75 Å². The molecular weight excluding hydrogens is 352 g/mol. The molecule has 6 nitrogen and oxygen atoms in total. The number of rotatable bonds is 6. The van der Waals surface area contributed by atoms with E-state index in [1.54, 1.807) is 25.3 Å². The molecule has 2 aromatic carbocycles. The van der Waals surface area contributed by atoms with Gasteiger partial charge in [0.2, 0.25) is 15.9 Å². The number of methoxy groups -OCH3 is 1. The van der Waals surface area contributed by atoms with Gasteiger partial charge in [0.05, 0.1) is 12.0 Å². The molecule has 1 aliphatic heterocycles. The number of carbonyl (C=O) groups excluding carboxylic acids is 1. The molecule has 0 unspecified atom stereocenters. The van der Waals surface area contributed by atoms with Crippen molar-refractivity contribution in [3.63, 3.8) is 0 Å². The topological polar surface area (TPSA) is 75.7 Å². The Morgan fingerprint density at radius 2 is 1.77 bits per heavy atom. The molecule has 1 heterocycles. The lowest BCUT2D eigenvalue weighted by atomic mass is 10.1. The number of piperidine rings is 1. The average Bonchev–Trinajstić information content (AvgIpc) is 2.67. The van der Waals surface area contributed by atoms with Crippen LogP contribution in [0.1, 0.15) is 25.7 Å². The molecule has 1 N–H and O–H groups in total. The molecule has 1 fully saturated rings. The molecule has 1 saturated heterocycles. The van der Waals surface area contributed by atoms with Crippen molar-refractivity contribution in [1.82, 2.24) is 9.62 Å². The van der Waals surface area contributed by atoms with E-state index in [9.17, 15) is 13.2 Å². The van der Waals surface area contributed by atoms with Crippen LogP contribution in [0, 0.1) is 0 Å². The molecule has 3 rings (SSSR count). The van der Waals surface area contributed by atoms with Crippen LogP contribution in [-0.4, -0.2) is 46.0 Å². The van der Waals surface area contributed by atoms with Crippen LogP contribution in [0.15, 0.2) is 41.3 Å². The summed E-state index contributed by atoms with van der Waals surface area (Å²) >= 11 is 0. The number of benzene rings is 2. The first kappa shape index (κ1) is 18.7. The van der Waals surface area contributed by atoms with E-state index in [4.69, 9.17) is 4.74 Å². The van der Waals surface area contributed by atoms with Crippen molar-refractivity contribution in [1.29, 1.82) is 0 Å². The number of nitrogens with zero attached hydrogens (tertiary/aromatic N) is 1. The monoisotopic (exact) mass is 376 g/mol. The van der Waals surface area contributed by atoms with Gasteiger partial charge in [-0.05, 0) is 31.4 Å². The number of nitrogens with one attached hydrogen (secondary N) is 1. The zero-order valence-electron chi connectivity index (χ0n) is 14.9. The first-order valence-corrected chi connectivity index (χ1v) is 10.3. The van der Waals surface area contributed by atoms with Crippen LogP contribution in [0.25, 0.3) is 10.8 Å². The summed E-state index contributed by atoms with van der Waals surface area (Å²) < 4.78 is 33.3. The number of hydrogen-bond acceptors (Lipinski definition) is 4. The highest BCUT2D eigenvalue weighted by molar-refractivity contribution is 7.89. The molecule has 140 valence electrons. The molecule has 0 atom stereocenters. The Morgan fingerprint density at radius 3 is 2.46 bits per heavy atom. The van der Waals surface area contributed by atoms with Gasteiger partial charge in [-0.3, -0.25) is 4.79 Å². The second kappa shape index (κ2) is 8.05. The lowest BCUT2D eigenvalue weighted by Gasteiger charge is -2.26. The minimum Gasteiger partial charge on any atom is -0.496 e. The quantitative estimate of drug-likeness (QED) is 0.841. The molecule has 2 aromatic rings. The second-order valence-electron chi connectivity index (χ2n) is 6.40. The third kappa shape index (κ3) is 3.99. The first-order valence-electron chi connectivity index (χ1n) is 8.86. The summed E-state index contributed by atoms with van der Waals surface area (Å²) in [6.45, 7) is 1.64. The van der Waals surface area contributed by atoms with E-state index in [1.807, 2.05) is 17.0 Å². The molecule has 0 radical (unpaired) electrons. The average molecular weight is 376 g/mol. The molecular formula is C19H24N2O4S. The molecule has 1 amide bonds. The van der Waals surface area contributed by atoms with Gasteiger partial charge in [0.1, 0.15) is 5.75 Å². The fourth-order valence-corrected chi connectivity index (χ4v) is 4.57. The molecule has 0 bridgehead atoms. The first-order chi connectivity index (χ1) is 12.5. The highest BCUT2D eigenvalue weighted by Crippen LogP contribution is 2.30. The van der Waals surface area contributed by atoms with E-state index < -0.39 is 10.0 Å². The van der Waals surface area contributed by atoms with Crippen molar-refractivity contribution >= 4 is 26.7 Å². The van der Waals surface area contributed by atoms with Crippen molar-refractivity contribution in [2.24, 2.45) is 0 Å². The molecule has 7 heteroatoms. The Kier molecular flexibility index (Phi) is 5.78. The third-order valence-electron chi connectivity index (χ3n) is 4.69. The van der Waals surface area contributed by atoms with Gasteiger partial charge >= 0.3 is 0 Å². The Morgan fingerprint density at radius 1 is 1.08 bits per heavy atom. The molecule has 0 saturated carbocycles. The van der Waals surface area contributed by atoms with Crippen LogP contribution in [0.3, 0.4) is 0 Å². The maximum Gasteiger partial charge on any atom is 0.241 e. The second-order valence-corrected chi connectivity index (χ2v) is 8.14. The smallest absolute Gasteiger partial charge is 0.241 e. The largest absolute Gasteiger partial charge is 0.496 e. The number of sulfonamides is 1. The minimum atomic E-state index is -3.71. The van der Waals surface area contributed by atoms with Crippen LogP contribution in [0.4, 0.5) is 0 Å². The van der Waals surface area contributed by atoms with Gasteiger partial charge in [-0.15, -0.1) is 0 Å². The van der Waals surface area contributed by atoms with Gasteiger partial charge in [0, 0.05) is 36.8 Å². The van der Waals surface area contributed by atoms with E-state index in [1.165, 1.54) is 6.07 Å². The van der Waals surface area contributed by atoms with Crippen molar-refractivity contribution in [2.45, 2.75) is 30.6 Å². The summed E-state index contributed by atoms with van der Waals surface area (Å²) in [7, 11) is -2.16. The SMILES string of the molecule is COc1ccc(S(=O)(=O)NCCC(=O)N2CCCCC2)c2ccccc12. The van der Waals surface area contributed by atoms with E-state index >= 15 is 0 Å². The number of amides is 1. The summed E-state index contributed by atoms with van der Waals surface area (Å²) in [5.74, 6) is 0.631. The van der Waals surface area contributed by atoms with Gasteiger partial charge in [0.15, 0.2) is 0 Å². The number of hydrogen-bond donors (Lipinski definition) is 1. The molecule has 0 spiro atoms. The predicted molar refractivity (Wildman–Crippen MR) is 101 cm³/mol. The highest BCUT2D eigenvalue weighted by Gasteiger charge is 2.20. The van der Waals surface area contributed by atoms with Gasteiger partial charge in [-0.1, -0.05) is 24.3 Å². The lowest BCUT2D eigenvalue weighted by molar-refractivity contribution is -0.131. The van der Waals surface area contributed by atoms with Crippen LogP contribution < -0.4 is 9.46 Å². The minimum absolute atomic E-state index is 0.00647. The van der Waals surface area contributed by atoms with Gasteiger partial charge < -0.3 is 9.64 Å². The molecule has 26 heavy (non-hydrogen) atoms. The van der Waals surface area contributed by atoms with Crippen molar-refractivity contribution < 1.29 is 17.9 Å². The number of fused-ring (bicyclic) bond motifs is 1. The third-order valence-corrected chi connectivity index (χ3v) is 6.21. The highest BCUT2D eigenvalue weighted by atomic mass is 32.2. The summed E-state index contributed by atoms with van der Waals surface area (Å²) in [5, 5.41) is 1.34. The summed E-state index contributed by atoms with van der Waals surface area (Å²) in [5.41, 5.74) is 0. The molecule has 0 aliphatic carbocycles. The maximum atomic E-state index is 12.7. The summed E-state index contributed by atoms with van der Waals surface area (Å²) in [4.78, 5) is 14.2. The van der Waals surface area contributed by atoms with Gasteiger partial charge in [-0.2, -0.15) is 0 Å². The summed E-state index contributed by atoms with van der Waals surface area (Å²) in [6.07, 6.45) is 3.37. The van der Waals surface area contributed by atoms with Gasteiger partial charge in [-0.25, -0.2) is 13.1 Å². The van der Waals surface area contributed by atoms with Crippen LogP contribution in [0.2, 0.25) is 0 Å². The van der Waals surface area contributed by atoms with Crippen molar-refractivity contribution in [2.75, 3.05) is 26.7 Å². The van der Waals surface area contributed by atoms with E-state index in [2.05, 4.69) is 4.72 Å². The zero-order chi connectivity index (χ0) is 18.6. The molecule has 0 aromatic heterocycles. The maximum absolute atomic E-state index is 12.7. The number of ether oxygens (including phenoxy) is 1. The lowest BCUT2D eigenvalue weighted by Crippen LogP contribution is -2.37. The fourth-order valence-electron chi connectivity index (χ4n) is 3.33. The fraction of sp³-hybridized carbons (Fsp3) is 0.421. The number of carbonyl (C=O) groups is 1. The zero-order valence-corrected chi connectivity index (χ0v) is 15.7. The van der Waals surface area contributed by atoms with E-state index in [-0.39, 0.29) is 23.8 Å². The Labute approximate surface area is 154 Å². The van der Waals surface area contributed by atoms with Gasteiger partial charge in [0.25, 0.3) is 0 Å². The summed E-state index contributed by atoms with van der Waals surface area (Å²) in [6, 6.07) is 10.4. The Balaban J connectivity index is 1.72. The van der Waals surface area contributed by atoms with E-state index in [0.717, 1.165) is 37.7 Å². The Hall–Kier alpha value is -2.12. The normalized spacial score (nSPS) is 15.2. The predicted octanol–water partition coefficient (Wildman–Crippen LogP) is 2.53. The van der Waals surface area contributed by atoms with Crippen LogP contribution in [0.5, 0.6) is 5.75 Å². The van der Waals surface area contributed by atoms with Crippen LogP contribution in [-0.2, 0) is 14.8 Å².